The molecule has 0 aliphatic heterocycles. The maximum atomic E-state index is 12.2. The van der Waals surface area contributed by atoms with Gasteiger partial charge in [-0.25, -0.2) is 0 Å². The summed E-state index contributed by atoms with van der Waals surface area (Å²) in [6, 6.07) is 9.69. The zero-order valence-electron chi connectivity index (χ0n) is 13.6. The standard InChI is InChI=1S/C18H23NO3/c1-13-7-8-14(2)17(12-13)22-11-9-18(20)19(4)15(3)16-6-5-10-21-16/h5-8,10,12,15H,9,11H2,1-4H3. The van der Waals surface area contributed by atoms with Crippen LogP contribution in [0.5, 0.6) is 5.75 Å². The van der Waals surface area contributed by atoms with E-state index < -0.39 is 0 Å². The zero-order chi connectivity index (χ0) is 16.1. The van der Waals surface area contributed by atoms with Crippen molar-refractivity contribution in [3.05, 3.63) is 53.5 Å². The second-order valence-electron chi connectivity index (χ2n) is 5.56. The number of aryl methyl sites for hydroxylation is 2. The van der Waals surface area contributed by atoms with Crippen LogP contribution in [0, 0.1) is 13.8 Å². The fourth-order valence-corrected chi connectivity index (χ4v) is 2.22. The Morgan fingerprint density at radius 3 is 2.77 bits per heavy atom. The third-order valence-corrected chi connectivity index (χ3v) is 3.85. The molecule has 1 aromatic carbocycles. The van der Waals surface area contributed by atoms with Crippen molar-refractivity contribution in [1.82, 2.24) is 4.90 Å². The van der Waals surface area contributed by atoms with E-state index in [0.717, 1.165) is 22.6 Å². The molecule has 1 amide bonds. The molecule has 0 N–H and O–H groups in total. The third-order valence-electron chi connectivity index (χ3n) is 3.85. The molecule has 4 nitrogen and oxygen atoms in total. The first-order chi connectivity index (χ1) is 10.5. The minimum Gasteiger partial charge on any atom is -0.493 e. The molecular weight excluding hydrogens is 278 g/mol. The van der Waals surface area contributed by atoms with E-state index in [1.54, 1.807) is 18.2 Å². The van der Waals surface area contributed by atoms with E-state index >= 15 is 0 Å². The predicted octanol–water partition coefficient (Wildman–Crippen LogP) is 3.88. The average molecular weight is 301 g/mol. The van der Waals surface area contributed by atoms with Crippen LogP contribution < -0.4 is 4.74 Å². The molecule has 1 aromatic heterocycles. The highest BCUT2D eigenvalue weighted by molar-refractivity contribution is 5.76. The Morgan fingerprint density at radius 2 is 2.09 bits per heavy atom. The molecule has 1 atom stereocenters. The SMILES string of the molecule is Cc1ccc(C)c(OCCC(=O)N(C)C(C)c2ccco2)c1. The van der Waals surface area contributed by atoms with Crippen LogP contribution in [0.3, 0.4) is 0 Å². The highest BCUT2D eigenvalue weighted by atomic mass is 16.5. The van der Waals surface area contributed by atoms with E-state index in [9.17, 15) is 4.79 Å². The van der Waals surface area contributed by atoms with Crippen LogP contribution >= 0.6 is 0 Å². The molecule has 2 rings (SSSR count). The normalized spacial score (nSPS) is 12.0. The number of hydrogen-bond donors (Lipinski definition) is 0. The lowest BCUT2D eigenvalue weighted by molar-refractivity contribution is -0.132. The van der Waals surface area contributed by atoms with Gasteiger partial charge >= 0.3 is 0 Å². The Bertz CT molecular complexity index is 619. The number of carbonyl (C=O) groups excluding carboxylic acids is 1. The van der Waals surface area contributed by atoms with Gasteiger partial charge in [0, 0.05) is 7.05 Å². The molecule has 0 aliphatic rings. The monoisotopic (exact) mass is 301 g/mol. The maximum absolute atomic E-state index is 12.2. The van der Waals surface area contributed by atoms with Crippen LogP contribution in [0.4, 0.5) is 0 Å². The molecule has 22 heavy (non-hydrogen) atoms. The van der Waals surface area contributed by atoms with E-state index in [1.807, 2.05) is 51.1 Å². The molecule has 0 spiro atoms. The molecule has 0 fully saturated rings. The summed E-state index contributed by atoms with van der Waals surface area (Å²) in [4.78, 5) is 13.9. The van der Waals surface area contributed by atoms with Crippen molar-refractivity contribution in [2.45, 2.75) is 33.2 Å². The van der Waals surface area contributed by atoms with Crippen LogP contribution in [0.15, 0.2) is 41.0 Å². The Hall–Kier alpha value is -2.23. The van der Waals surface area contributed by atoms with E-state index in [1.165, 1.54) is 0 Å². The molecule has 0 saturated carbocycles. The Labute approximate surface area is 131 Å². The molecule has 0 aliphatic carbocycles. The van der Waals surface area contributed by atoms with E-state index in [4.69, 9.17) is 9.15 Å². The van der Waals surface area contributed by atoms with Crippen LogP contribution in [0.1, 0.15) is 36.3 Å². The van der Waals surface area contributed by atoms with Crippen molar-refractivity contribution in [1.29, 1.82) is 0 Å². The second kappa shape index (κ2) is 7.16. The molecule has 2 aromatic rings. The molecular formula is C18H23NO3. The number of hydrogen-bond acceptors (Lipinski definition) is 3. The summed E-state index contributed by atoms with van der Waals surface area (Å²) < 4.78 is 11.1. The number of rotatable bonds is 6. The zero-order valence-corrected chi connectivity index (χ0v) is 13.6. The van der Waals surface area contributed by atoms with Crippen molar-refractivity contribution >= 4 is 5.91 Å². The van der Waals surface area contributed by atoms with Gasteiger partial charge in [0.1, 0.15) is 11.5 Å². The average Bonchev–Trinajstić information content (AvgIpc) is 3.03. The molecule has 0 bridgehead atoms. The topological polar surface area (TPSA) is 42.7 Å². The van der Waals surface area contributed by atoms with Gasteiger partial charge in [-0.1, -0.05) is 12.1 Å². The number of furan rings is 1. The van der Waals surface area contributed by atoms with Gasteiger partial charge in [-0.2, -0.15) is 0 Å². The van der Waals surface area contributed by atoms with Gasteiger partial charge in [-0.3, -0.25) is 4.79 Å². The number of nitrogens with zero attached hydrogens (tertiary/aromatic N) is 1. The van der Waals surface area contributed by atoms with Gasteiger partial charge in [0.25, 0.3) is 0 Å². The lowest BCUT2D eigenvalue weighted by Crippen LogP contribution is -2.30. The molecule has 4 heteroatoms. The van der Waals surface area contributed by atoms with Gasteiger partial charge in [-0.05, 0) is 50.1 Å². The Morgan fingerprint density at radius 1 is 1.32 bits per heavy atom. The van der Waals surface area contributed by atoms with Crippen molar-refractivity contribution in [3.63, 3.8) is 0 Å². The first-order valence-electron chi connectivity index (χ1n) is 7.48. The first kappa shape index (κ1) is 16.1. The largest absolute Gasteiger partial charge is 0.493 e. The van der Waals surface area contributed by atoms with Crippen molar-refractivity contribution < 1.29 is 13.9 Å². The number of benzene rings is 1. The van der Waals surface area contributed by atoms with Crippen LogP contribution in [0.2, 0.25) is 0 Å². The van der Waals surface area contributed by atoms with Gasteiger partial charge < -0.3 is 14.1 Å². The fourth-order valence-electron chi connectivity index (χ4n) is 2.22. The van der Waals surface area contributed by atoms with Crippen molar-refractivity contribution in [3.8, 4) is 5.75 Å². The summed E-state index contributed by atoms with van der Waals surface area (Å²) in [6.07, 6.45) is 1.96. The van der Waals surface area contributed by atoms with Crippen LogP contribution in [0.25, 0.3) is 0 Å². The van der Waals surface area contributed by atoms with E-state index in [2.05, 4.69) is 0 Å². The minimum absolute atomic E-state index is 0.0363. The van der Waals surface area contributed by atoms with Crippen molar-refractivity contribution in [2.75, 3.05) is 13.7 Å². The minimum atomic E-state index is -0.0804. The van der Waals surface area contributed by atoms with E-state index in [-0.39, 0.29) is 11.9 Å². The molecule has 118 valence electrons. The first-order valence-corrected chi connectivity index (χ1v) is 7.48. The number of amides is 1. The summed E-state index contributed by atoms with van der Waals surface area (Å²) in [5.41, 5.74) is 2.23. The van der Waals surface area contributed by atoms with Crippen molar-refractivity contribution in [2.24, 2.45) is 0 Å². The number of ether oxygens (including phenoxy) is 1. The lowest BCUT2D eigenvalue weighted by atomic mass is 10.1. The molecule has 1 heterocycles. The third kappa shape index (κ3) is 3.91. The van der Waals surface area contributed by atoms with Crippen LogP contribution in [-0.2, 0) is 4.79 Å². The van der Waals surface area contributed by atoms with E-state index in [0.29, 0.717) is 13.0 Å². The summed E-state index contributed by atoms with van der Waals surface area (Å²) in [7, 11) is 1.79. The van der Waals surface area contributed by atoms with Crippen LogP contribution in [-0.4, -0.2) is 24.5 Å². The molecule has 0 radical (unpaired) electrons. The molecule has 0 saturated heterocycles. The van der Waals surface area contributed by atoms with Gasteiger partial charge in [0.15, 0.2) is 0 Å². The lowest BCUT2D eigenvalue weighted by Gasteiger charge is -2.23. The second-order valence-corrected chi connectivity index (χ2v) is 5.56. The maximum Gasteiger partial charge on any atom is 0.226 e. The summed E-state index contributed by atoms with van der Waals surface area (Å²) in [5.74, 6) is 1.66. The summed E-state index contributed by atoms with van der Waals surface area (Å²) in [6.45, 7) is 6.35. The van der Waals surface area contributed by atoms with Gasteiger partial charge in [0.2, 0.25) is 5.91 Å². The Kier molecular flexibility index (Phi) is 5.26. The summed E-state index contributed by atoms with van der Waals surface area (Å²) >= 11 is 0. The summed E-state index contributed by atoms with van der Waals surface area (Å²) in [5, 5.41) is 0. The predicted molar refractivity (Wildman–Crippen MR) is 85.9 cm³/mol. The van der Waals surface area contributed by atoms with Gasteiger partial charge in [-0.15, -0.1) is 0 Å². The molecule has 1 unspecified atom stereocenters. The Balaban J connectivity index is 1.86. The number of carbonyl (C=O) groups is 1. The smallest absolute Gasteiger partial charge is 0.226 e. The highest BCUT2D eigenvalue weighted by Gasteiger charge is 2.19. The highest BCUT2D eigenvalue weighted by Crippen LogP contribution is 2.21. The van der Waals surface area contributed by atoms with Gasteiger partial charge in [0.05, 0.1) is 25.3 Å². The fraction of sp³-hybridized carbons (Fsp3) is 0.389. The quantitative estimate of drug-likeness (QED) is 0.813.